The lowest BCUT2D eigenvalue weighted by molar-refractivity contribution is -0.136. The number of carboxylic acid groups (broad SMARTS) is 1. The molecule has 2 rings (SSSR count). The highest BCUT2D eigenvalue weighted by Gasteiger charge is 2.02. The first kappa shape index (κ1) is 14.5. The van der Waals surface area contributed by atoms with Gasteiger partial charge in [0.1, 0.15) is 5.75 Å². The number of methoxy groups -OCH3 is 1. The van der Waals surface area contributed by atoms with E-state index >= 15 is 0 Å². The molecule has 0 atom stereocenters. The van der Waals surface area contributed by atoms with E-state index in [0.717, 1.165) is 22.0 Å². The second kappa shape index (κ2) is 7.01. The Hall–Kier alpha value is -1.94. The van der Waals surface area contributed by atoms with Crippen molar-refractivity contribution in [3.8, 4) is 5.75 Å². The molecule has 2 aromatic rings. The fraction of sp³-hybridized carbons (Fsp3) is 0.188. The van der Waals surface area contributed by atoms with Crippen LogP contribution in [0, 0.1) is 0 Å². The fourth-order valence-electron chi connectivity index (χ4n) is 1.79. The molecule has 0 saturated heterocycles. The molecule has 0 bridgehead atoms. The number of aliphatic carboxylic acids is 1. The predicted molar refractivity (Wildman–Crippen MR) is 80.3 cm³/mol. The minimum atomic E-state index is -0.802. The minimum Gasteiger partial charge on any atom is -0.497 e. The molecule has 0 spiro atoms. The Bertz CT molecular complexity index is 579. The molecule has 0 aromatic heterocycles. The third-order valence-electron chi connectivity index (χ3n) is 2.83. The van der Waals surface area contributed by atoms with E-state index in [2.05, 4.69) is 0 Å². The summed E-state index contributed by atoms with van der Waals surface area (Å²) in [6.45, 7) is 0. The van der Waals surface area contributed by atoms with Crippen molar-refractivity contribution in [2.24, 2.45) is 0 Å². The number of hydrogen-bond acceptors (Lipinski definition) is 3. The normalized spacial score (nSPS) is 10.2. The molecule has 0 heterocycles. The zero-order valence-electron chi connectivity index (χ0n) is 11.2. The molecular weight excluding hydrogens is 272 g/mol. The average molecular weight is 288 g/mol. The van der Waals surface area contributed by atoms with Crippen molar-refractivity contribution in [2.75, 3.05) is 7.11 Å². The van der Waals surface area contributed by atoms with Gasteiger partial charge >= 0.3 is 5.97 Å². The Labute approximate surface area is 122 Å². The van der Waals surface area contributed by atoms with Crippen molar-refractivity contribution >= 4 is 17.7 Å². The van der Waals surface area contributed by atoms with Crippen LogP contribution in [0.25, 0.3) is 0 Å². The number of benzene rings is 2. The predicted octanol–water partition coefficient (Wildman–Crippen LogP) is 3.61. The van der Waals surface area contributed by atoms with Gasteiger partial charge in [0.2, 0.25) is 0 Å². The number of hydrogen-bond donors (Lipinski definition) is 1. The summed E-state index contributed by atoms with van der Waals surface area (Å²) in [6, 6.07) is 15.6. The van der Waals surface area contributed by atoms with Crippen LogP contribution < -0.4 is 4.74 Å². The summed E-state index contributed by atoms with van der Waals surface area (Å²) in [6.07, 6.45) is 0.0727. The molecule has 0 aliphatic carbocycles. The molecule has 0 radical (unpaired) electrons. The van der Waals surface area contributed by atoms with E-state index in [1.807, 2.05) is 48.5 Å². The zero-order valence-corrected chi connectivity index (χ0v) is 12.0. The van der Waals surface area contributed by atoms with Gasteiger partial charge < -0.3 is 9.84 Å². The highest BCUT2D eigenvalue weighted by Crippen LogP contribution is 2.26. The van der Waals surface area contributed by atoms with Gasteiger partial charge in [-0.25, -0.2) is 0 Å². The van der Waals surface area contributed by atoms with Gasteiger partial charge in [-0.3, -0.25) is 4.79 Å². The summed E-state index contributed by atoms with van der Waals surface area (Å²) in [5.41, 5.74) is 2.00. The molecule has 20 heavy (non-hydrogen) atoms. The second-order valence-corrected chi connectivity index (χ2v) is 5.40. The van der Waals surface area contributed by atoms with Gasteiger partial charge in [-0.1, -0.05) is 30.3 Å². The Morgan fingerprint density at radius 1 is 1.15 bits per heavy atom. The standard InChI is InChI=1S/C16H16O3S/c1-19-14-3-2-4-15(10-14)20-11-13-7-5-12(6-8-13)9-16(17)18/h2-8,10H,9,11H2,1H3,(H,17,18). The highest BCUT2D eigenvalue weighted by atomic mass is 32.2. The van der Waals surface area contributed by atoms with Gasteiger partial charge in [-0.2, -0.15) is 0 Å². The third-order valence-corrected chi connectivity index (χ3v) is 3.89. The summed E-state index contributed by atoms with van der Waals surface area (Å²) in [4.78, 5) is 11.8. The highest BCUT2D eigenvalue weighted by molar-refractivity contribution is 7.98. The van der Waals surface area contributed by atoms with Crippen molar-refractivity contribution < 1.29 is 14.6 Å². The number of thioether (sulfide) groups is 1. The van der Waals surface area contributed by atoms with Gasteiger partial charge in [-0.05, 0) is 29.3 Å². The van der Waals surface area contributed by atoms with Crippen LogP contribution >= 0.6 is 11.8 Å². The van der Waals surface area contributed by atoms with Crippen LogP contribution in [0.3, 0.4) is 0 Å². The number of ether oxygens (including phenoxy) is 1. The maximum Gasteiger partial charge on any atom is 0.307 e. The van der Waals surface area contributed by atoms with Crippen LogP contribution in [0.15, 0.2) is 53.4 Å². The lowest BCUT2D eigenvalue weighted by Crippen LogP contribution is -1.99. The lowest BCUT2D eigenvalue weighted by Gasteiger charge is -2.05. The first-order chi connectivity index (χ1) is 9.67. The Balaban J connectivity index is 1.94. The summed E-state index contributed by atoms with van der Waals surface area (Å²) < 4.78 is 5.19. The Kier molecular flexibility index (Phi) is 5.07. The molecule has 0 fully saturated rings. The van der Waals surface area contributed by atoms with Crippen LogP contribution in [-0.2, 0) is 17.0 Å². The molecule has 0 amide bonds. The molecule has 0 saturated carbocycles. The molecular formula is C16H16O3S. The smallest absolute Gasteiger partial charge is 0.307 e. The molecule has 1 N–H and O–H groups in total. The maximum atomic E-state index is 10.6. The first-order valence-corrected chi connectivity index (χ1v) is 7.22. The summed E-state index contributed by atoms with van der Waals surface area (Å²) in [5.74, 6) is 0.899. The summed E-state index contributed by atoms with van der Waals surface area (Å²) in [7, 11) is 1.66. The monoisotopic (exact) mass is 288 g/mol. The van der Waals surface area contributed by atoms with Crippen molar-refractivity contribution in [3.63, 3.8) is 0 Å². The van der Waals surface area contributed by atoms with Gasteiger partial charge in [-0.15, -0.1) is 11.8 Å². The summed E-state index contributed by atoms with van der Waals surface area (Å²) in [5, 5.41) is 8.72. The second-order valence-electron chi connectivity index (χ2n) is 4.35. The van der Waals surface area contributed by atoms with Gasteiger partial charge in [0.05, 0.1) is 13.5 Å². The van der Waals surface area contributed by atoms with Crippen LogP contribution in [0.2, 0.25) is 0 Å². The molecule has 3 nitrogen and oxygen atoms in total. The molecule has 104 valence electrons. The SMILES string of the molecule is COc1cccc(SCc2ccc(CC(=O)O)cc2)c1. The molecule has 0 aliphatic rings. The minimum absolute atomic E-state index is 0.0727. The van der Waals surface area contributed by atoms with Crippen molar-refractivity contribution in [1.82, 2.24) is 0 Å². The average Bonchev–Trinajstić information content (AvgIpc) is 2.46. The van der Waals surface area contributed by atoms with Crippen LogP contribution in [0.5, 0.6) is 5.75 Å². The molecule has 4 heteroatoms. The largest absolute Gasteiger partial charge is 0.497 e. The van der Waals surface area contributed by atoms with Gasteiger partial charge in [0.25, 0.3) is 0 Å². The van der Waals surface area contributed by atoms with E-state index in [1.54, 1.807) is 18.9 Å². The van der Waals surface area contributed by atoms with E-state index in [4.69, 9.17) is 9.84 Å². The van der Waals surface area contributed by atoms with Gasteiger partial charge in [0.15, 0.2) is 0 Å². The van der Waals surface area contributed by atoms with E-state index < -0.39 is 5.97 Å². The summed E-state index contributed by atoms with van der Waals surface area (Å²) >= 11 is 1.73. The van der Waals surface area contributed by atoms with E-state index in [9.17, 15) is 4.79 Å². The fourth-order valence-corrected chi connectivity index (χ4v) is 2.69. The molecule has 0 unspecified atom stereocenters. The number of rotatable bonds is 6. The zero-order chi connectivity index (χ0) is 14.4. The van der Waals surface area contributed by atoms with Gasteiger partial charge in [0, 0.05) is 10.6 Å². The number of carboxylic acids is 1. The lowest BCUT2D eigenvalue weighted by atomic mass is 10.1. The van der Waals surface area contributed by atoms with Crippen LogP contribution in [-0.4, -0.2) is 18.2 Å². The van der Waals surface area contributed by atoms with Crippen molar-refractivity contribution in [2.45, 2.75) is 17.1 Å². The van der Waals surface area contributed by atoms with E-state index in [0.29, 0.717) is 0 Å². The van der Waals surface area contributed by atoms with Crippen molar-refractivity contribution in [3.05, 3.63) is 59.7 Å². The topological polar surface area (TPSA) is 46.5 Å². The molecule has 0 aliphatic heterocycles. The van der Waals surface area contributed by atoms with Crippen LogP contribution in [0.1, 0.15) is 11.1 Å². The first-order valence-electron chi connectivity index (χ1n) is 6.24. The number of carbonyl (C=O) groups is 1. The van der Waals surface area contributed by atoms with E-state index in [1.165, 1.54) is 5.56 Å². The van der Waals surface area contributed by atoms with Crippen LogP contribution in [0.4, 0.5) is 0 Å². The third kappa shape index (κ3) is 4.31. The van der Waals surface area contributed by atoms with E-state index in [-0.39, 0.29) is 6.42 Å². The quantitative estimate of drug-likeness (QED) is 0.825. The maximum absolute atomic E-state index is 10.6. The Morgan fingerprint density at radius 3 is 2.50 bits per heavy atom. The Morgan fingerprint density at radius 2 is 1.85 bits per heavy atom. The van der Waals surface area contributed by atoms with Crippen molar-refractivity contribution in [1.29, 1.82) is 0 Å². The molecule has 2 aromatic carbocycles.